The quantitative estimate of drug-likeness (QED) is 0.864. The summed E-state index contributed by atoms with van der Waals surface area (Å²) in [6.45, 7) is 2.03. The zero-order valence-electron chi connectivity index (χ0n) is 11.9. The minimum atomic E-state index is -3.65. The number of primary sulfonamides is 1. The average Bonchev–Trinajstić information content (AvgIpc) is 2.85. The molecule has 6 heteroatoms. The van der Waals surface area contributed by atoms with Crippen LogP contribution in [-0.2, 0) is 14.8 Å². The van der Waals surface area contributed by atoms with Gasteiger partial charge in [0.25, 0.3) is 0 Å². The van der Waals surface area contributed by atoms with Crippen LogP contribution in [0.1, 0.15) is 37.8 Å². The summed E-state index contributed by atoms with van der Waals surface area (Å²) < 4.78 is 28.1. The summed E-state index contributed by atoms with van der Waals surface area (Å²) in [5.74, 6) is 0. The van der Waals surface area contributed by atoms with Crippen LogP contribution in [0.3, 0.4) is 0 Å². The first-order valence-electron chi connectivity index (χ1n) is 6.81. The Labute approximate surface area is 120 Å². The number of benzene rings is 1. The molecule has 0 bridgehead atoms. The highest BCUT2D eigenvalue weighted by Crippen LogP contribution is 2.25. The summed E-state index contributed by atoms with van der Waals surface area (Å²) >= 11 is 0. The Hall–Kier alpha value is -0.950. The van der Waals surface area contributed by atoms with Gasteiger partial charge in [-0.25, -0.2) is 13.6 Å². The third kappa shape index (κ3) is 3.79. The van der Waals surface area contributed by atoms with Crippen molar-refractivity contribution in [3.8, 4) is 0 Å². The van der Waals surface area contributed by atoms with E-state index in [0.717, 1.165) is 24.8 Å². The molecule has 0 saturated heterocycles. The van der Waals surface area contributed by atoms with E-state index in [-0.39, 0.29) is 10.9 Å². The van der Waals surface area contributed by atoms with E-state index in [1.807, 2.05) is 13.0 Å². The second kappa shape index (κ2) is 6.22. The van der Waals surface area contributed by atoms with E-state index in [1.165, 1.54) is 6.07 Å². The third-order valence-corrected chi connectivity index (χ3v) is 4.80. The van der Waals surface area contributed by atoms with Crippen molar-refractivity contribution in [1.29, 1.82) is 0 Å². The molecule has 3 atom stereocenters. The van der Waals surface area contributed by atoms with Gasteiger partial charge in [-0.1, -0.05) is 12.1 Å². The van der Waals surface area contributed by atoms with Crippen molar-refractivity contribution in [2.45, 2.75) is 49.3 Å². The predicted octanol–water partition coefficient (Wildman–Crippen LogP) is 1.55. The van der Waals surface area contributed by atoms with Crippen LogP contribution >= 0.6 is 0 Å². The second-order valence-corrected chi connectivity index (χ2v) is 6.93. The van der Waals surface area contributed by atoms with Crippen LogP contribution in [0.15, 0.2) is 29.2 Å². The van der Waals surface area contributed by atoms with Gasteiger partial charge in [0, 0.05) is 19.2 Å². The monoisotopic (exact) mass is 298 g/mol. The van der Waals surface area contributed by atoms with Crippen molar-refractivity contribution in [2.75, 3.05) is 7.11 Å². The Morgan fingerprint density at radius 2 is 2.15 bits per heavy atom. The Bertz CT molecular complexity index is 559. The summed E-state index contributed by atoms with van der Waals surface area (Å²) in [6, 6.07) is 7.28. The number of hydrogen-bond donors (Lipinski definition) is 2. The van der Waals surface area contributed by atoms with E-state index in [4.69, 9.17) is 9.88 Å². The van der Waals surface area contributed by atoms with Gasteiger partial charge < -0.3 is 10.1 Å². The molecule has 1 saturated carbocycles. The lowest BCUT2D eigenvalue weighted by Crippen LogP contribution is -2.30. The van der Waals surface area contributed by atoms with Gasteiger partial charge in [-0.3, -0.25) is 0 Å². The minimum absolute atomic E-state index is 0.0808. The van der Waals surface area contributed by atoms with Crippen molar-refractivity contribution in [3.05, 3.63) is 29.8 Å². The molecule has 2 rings (SSSR count). The number of hydrogen-bond acceptors (Lipinski definition) is 4. The van der Waals surface area contributed by atoms with Gasteiger partial charge in [0.15, 0.2) is 0 Å². The molecule has 1 aliphatic carbocycles. The van der Waals surface area contributed by atoms with E-state index in [1.54, 1.807) is 19.2 Å². The normalized spacial score (nSPS) is 24.8. The zero-order chi connectivity index (χ0) is 14.8. The van der Waals surface area contributed by atoms with Crippen LogP contribution in [-0.4, -0.2) is 27.7 Å². The molecular weight excluding hydrogens is 276 g/mol. The molecule has 1 aromatic carbocycles. The van der Waals surface area contributed by atoms with Gasteiger partial charge in [0.05, 0.1) is 11.0 Å². The van der Waals surface area contributed by atoms with Crippen LogP contribution in [0.4, 0.5) is 0 Å². The summed E-state index contributed by atoms with van der Waals surface area (Å²) in [6.07, 6.45) is 3.47. The molecule has 0 aliphatic heterocycles. The molecule has 0 aromatic heterocycles. The first-order valence-corrected chi connectivity index (χ1v) is 8.36. The molecule has 3 unspecified atom stereocenters. The van der Waals surface area contributed by atoms with Gasteiger partial charge in [0.2, 0.25) is 10.0 Å². The number of ether oxygens (including phenoxy) is 1. The minimum Gasteiger partial charge on any atom is -0.381 e. The first kappa shape index (κ1) is 15.4. The fourth-order valence-electron chi connectivity index (χ4n) is 2.72. The first-order chi connectivity index (χ1) is 9.40. The molecule has 1 fully saturated rings. The van der Waals surface area contributed by atoms with Crippen LogP contribution in [0.25, 0.3) is 0 Å². The predicted molar refractivity (Wildman–Crippen MR) is 77.8 cm³/mol. The molecule has 20 heavy (non-hydrogen) atoms. The SMILES string of the molecule is COC1CCC(NC(C)c2cccc(S(N)(=O)=O)c2)C1. The Kier molecular flexibility index (Phi) is 4.80. The topological polar surface area (TPSA) is 81.4 Å². The highest BCUT2D eigenvalue weighted by molar-refractivity contribution is 7.89. The van der Waals surface area contributed by atoms with Crippen molar-refractivity contribution in [2.24, 2.45) is 5.14 Å². The standard InChI is InChI=1S/C14H22N2O3S/c1-10(16-12-6-7-13(9-12)19-2)11-4-3-5-14(8-11)20(15,17)18/h3-5,8,10,12-13,16H,6-7,9H2,1-2H3,(H2,15,17,18). The largest absolute Gasteiger partial charge is 0.381 e. The zero-order valence-corrected chi connectivity index (χ0v) is 12.7. The third-order valence-electron chi connectivity index (χ3n) is 3.89. The Morgan fingerprint density at radius 1 is 1.40 bits per heavy atom. The molecule has 0 radical (unpaired) electrons. The van der Waals surface area contributed by atoms with Crippen molar-refractivity contribution in [3.63, 3.8) is 0 Å². The maximum Gasteiger partial charge on any atom is 0.238 e. The summed E-state index contributed by atoms with van der Waals surface area (Å²) in [5.41, 5.74) is 0.928. The van der Waals surface area contributed by atoms with Crippen LogP contribution in [0.5, 0.6) is 0 Å². The van der Waals surface area contributed by atoms with E-state index in [9.17, 15) is 8.42 Å². The molecule has 5 nitrogen and oxygen atoms in total. The van der Waals surface area contributed by atoms with Gasteiger partial charge in [-0.05, 0) is 43.9 Å². The van der Waals surface area contributed by atoms with Crippen molar-refractivity contribution >= 4 is 10.0 Å². The highest BCUT2D eigenvalue weighted by Gasteiger charge is 2.25. The van der Waals surface area contributed by atoms with Crippen LogP contribution in [0, 0.1) is 0 Å². The van der Waals surface area contributed by atoms with Crippen molar-refractivity contribution in [1.82, 2.24) is 5.32 Å². The second-order valence-electron chi connectivity index (χ2n) is 5.37. The van der Waals surface area contributed by atoms with E-state index < -0.39 is 10.0 Å². The molecule has 3 N–H and O–H groups in total. The fraction of sp³-hybridized carbons (Fsp3) is 0.571. The maximum atomic E-state index is 11.4. The number of nitrogens with one attached hydrogen (secondary N) is 1. The molecule has 0 amide bonds. The summed E-state index contributed by atoms with van der Waals surface area (Å²) in [7, 11) is -1.90. The lowest BCUT2D eigenvalue weighted by Gasteiger charge is -2.20. The average molecular weight is 298 g/mol. The van der Waals surface area contributed by atoms with E-state index in [0.29, 0.717) is 12.1 Å². The van der Waals surface area contributed by atoms with Gasteiger partial charge in [-0.15, -0.1) is 0 Å². The van der Waals surface area contributed by atoms with Crippen LogP contribution < -0.4 is 10.5 Å². The molecule has 1 aromatic rings. The molecular formula is C14H22N2O3S. The Morgan fingerprint density at radius 3 is 2.75 bits per heavy atom. The van der Waals surface area contributed by atoms with Gasteiger partial charge in [-0.2, -0.15) is 0 Å². The van der Waals surface area contributed by atoms with Crippen LogP contribution in [0.2, 0.25) is 0 Å². The smallest absolute Gasteiger partial charge is 0.238 e. The maximum absolute atomic E-state index is 11.4. The number of rotatable bonds is 5. The molecule has 0 spiro atoms. The van der Waals surface area contributed by atoms with E-state index >= 15 is 0 Å². The summed E-state index contributed by atoms with van der Waals surface area (Å²) in [5, 5.41) is 8.68. The Balaban J connectivity index is 2.04. The number of methoxy groups -OCH3 is 1. The number of sulfonamides is 1. The lowest BCUT2D eigenvalue weighted by atomic mass is 10.1. The molecule has 0 heterocycles. The van der Waals surface area contributed by atoms with Gasteiger partial charge >= 0.3 is 0 Å². The molecule has 1 aliphatic rings. The fourth-order valence-corrected chi connectivity index (χ4v) is 3.28. The van der Waals surface area contributed by atoms with Crippen molar-refractivity contribution < 1.29 is 13.2 Å². The lowest BCUT2D eigenvalue weighted by molar-refractivity contribution is 0.106. The summed E-state index contributed by atoms with van der Waals surface area (Å²) in [4.78, 5) is 0.157. The highest BCUT2D eigenvalue weighted by atomic mass is 32.2. The number of nitrogens with two attached hydrogens (primary N) is 1. The molecule has 112 valence electrons. The van der Waals surface area contributed by atoms with E-state index in [2.05, 4.69) is 5.32 Å². The van der Waals surface area contributed by atoms with Gasteiger partial charge in [0.1, 0.15) is 0 Å².